The van der Waals surface area contributed by atoms with Crippen molar-refractivity contribution >= 4 is 16.7 Å². The van der Waals surface area contributed by atoms with E-state index in [1.165, 1.54) is 0 Å². The van der Waals surface area contributed by atoms with Crippen molar-refractivity contribution in [1.29, 1.82) is 0 Å². The Balaban J connectivity index is 2.38. The summed E-state index contributed by atoms with van der Waals surface area (Å²) in [6.07, 6.45) is 0. The number of nitrogens with zero attached hydrogens (tertiary/aromatic N) is 2. The monoisotopic (exact) mass is 289 g/mol. The summed E-state index contributed by atoms with van der Waals surface area (Å²) in [6.45, 7) is 4.59. The Hall–Kier alpha value is -1.85. The van der Waals surface area contributed by atoms with E-state index >= 15 is 0 Å². The number of pyridine rings is 1. The summed E-state index contributed by atoms with van der Waals surface area (Å²) >= 11 is 0. The van der Waals surface area contributed by atoms with Gasteiger partial charge in [-0.15, -0.1) is 0 Å². The van der Waals surface area contributed by atoms with Crippen molar-refractivity contribution < 1.29 is 9.84 Å². The molecule has 1 aromatic heterocycles. The molecule has 2 rings (SSSR count). The van der Waals surface area contributed by atoms with Crippen LogP contribution in [0.4, 0.5) is 5.82 Å². The molecule has 2 aromatic rings. The van der Waals surface area contributed by atoms with Gasteiger partial charge in [-0.2, -0.15) is 0 Å². The predicted octanol–water partition coefficient (Wildman–Crippen LogP) is 2.10. The van der Waals surface area contributed by atoms with Gasteiger partial charge in [0.25, 0.3) is 0 Å². The minimum absolute atomic E-state index is 0.168. The predicted molar refractivity (Wildman–Crippen MR) is 85.9 cm³/mol. The normalized spacial score (nSPS) is 11.1. The van der Waals surface area contributed by atoms with Crippen LogP contribution >= 0.6 is 0 Å². The Labute approximate surface area is 125 Å². The number of anilines is 1. The van der Waals surface area contributed by atoms with Gasteiger partial charge in [0.1, 0.15) is 11.6 Å². The minimum atomic E-state index is 0.168. The van der Waals surface area contributed by atoms with Gasteiger partial charge in [0.2, 0.25) is 0 Å². The molecule has 0 fully saturated rings. The molecule has 0 unspecified atom stereocenters. The van der Waals surface area contributed by atoms with E-state index in [4.69, 9.17) is 9.84 Å². The maximum Gasteiger partial charge on any atom is 0.130 e. The molecular weight excluding hydrogens is 266 g/mol. The van der Waals surface area contributed by atoms with Gasteiger partial charge in [0, 0.05) is 37.2 Å². The number of fused-ring (bicyclic) bond motifs is 1. The lowest BCUT2D eigenvalue weighted by atomic mass is 10.1. The smallest absolute Gasteiger partial charge is 0.130 e. The van der Waals surface area contributed by atoms with Crippen molar-refractivity contribution in [3.05, 3.63) is 29.8 Å². The van der Waals surface area contributed by atoms with Gasteiger partial charge in [-0.1, -0.05) is 6.92 Å². The second-order valence-corrected chi connectivity index (χ2v) is 4.90. The molecule has 1 heterocycles. The quantitative estimate of drug-likeness (QED) is 0.817. The van der Waals surface area contributed by atoms with E-state index in [1.54, 1.807) is 7.11 Å². The highest BCUT2D eigenvalue weighted by atomic mass is 16.5. The first-order chi connectivity index (χ1) is 10.2. The zero-order chi connectivity index (χ0) is 15.2. The number of aliphatic hydroxyl groups is 1. The number of benzene rings is 1. The van der Waals surface area contributed by atoms with Crippen LogP contribution in [0.2, 0.25) is 0 Å². The van der Waals surface area contributed by atoms with Crippen LogP contribution in [-0.4, -0.2) is 48.8 Å². The Morgan fingerprint density at radius 3 is 2.76 bits per heavy atom. The number of hydrogen-bond acceptors (Lipinski definition) is 5. The molecule has 0 bridgehead atoms. The topological polar surface area (TPSA) is 57.6 Å². The number of rotatable bonds is 7. The third-order valence-electron chi connectivity index (χ3n) is 3.60. The third kappa shape index (κ3) is 3.62. The average Bonchev–Trinajstić information content (AvgIpc) is 2.53. The fraction of sp³-hybridized carbons (Fsp3) is 0.438. The van der Waals surface area contributed by atoms with E-state index in [9.17, 15) is 0 Å². The molecule has 114 valence electrons. The van der Waals surface area contributed by atoms with Crippen molar-refractivity contribution in [3.8, 4) is 5.75 Å². The largest absolute Gasteiger partial charge is 0.497 e. The first-order valence-electron chi connectivity index (χ1n) is 7.20. The SMILES string of the molecule is CCN(CCO)Cc1cc2ccc(OC)cc2nc1NC. The van der Waals surface area contributed by atoms with Crippen molar-refractivity contribution in [1.82, 2.24) is 9.88 Å². The molecule has 0 radical (unpaired) electrons. The van der Waals surface area contributed by atoms with E-state index in [-0.39, 0.29) is 6.61 Å². The van der Waals surface area contributed by atoms with Crippen LogP contribution in [0.1, 0.15) is 12.5 Å². The number of aromatic nitrogens is 1. The van der Waals surface area contributed by atoms with Gasteiger partial charge < -0.3 is 15.2 Å². The molecule has 0 aliphatic heterocycles. The first kappa shape index (κ1) is 15.5. The molecular formula is C16H23N3O2. The lowest BCUT2D eigenvalue weighted by Gasteiger charge is -2.21. The molecule has 0 spiro atoms. The molecule has 0 aliphatic carbocycles. The van der Waals surface area contributed by atoms with Crippen LogP contribution < -0.4 is 10.1 Å². The lowest BCUT2D eigenvalue weighted by Crippen LogP contribution is -2.26. The van der Waals surface area contributed by atoms with Crippen molar-refractivity contribution in [2.45, 2.75) is 13.5 Å². The van der Waals surface area contributed by atoms with Crippen LogP contribution in [0, 0.1) is 0 Å². The third-order valence-corrected chi connectivity index (χ3v) is 3.60. The van der Waals surface area contributed by atoms with Crippen molar-refractivity contribution in [3.63, 3.8) is 0 Å². The average molecular weight is 289 g/mol. The molecule has 21 heavy (non-hydrogen) atoms. The second kappa shape index (κ2) is 7.24. The molecule has 1 aromatic carbocycles. The van der Waals surface area contributed by atoms with Gasteiger partial charge in [0.15, 0.2) is 0 Å². The Kier molecular flexibility index (Phi) is 5.36. The number of ether oxygens (including phenoxy) is 1. The zero-order valence-electron chi connectivity index (χ0n) is 12.9. The zero-order valence-corrected chi connectivity index (χ0v) is 12.9. The molecule has 5 heteroatoms. The van der Waals surface area contributed by atoms with Gasteiger partial charge in [-0.3, -0.25) is 4.90 Å². The Bertz CT molecular complexity index is 601. The molecule has 0 atom stereocenters. The standard InChI is InChI=1S/C16H23N3O2/c1-4-19(7-8-20)11-13-9-12-5-6-14(21-3)10-15(12)18-16(13)17-2/h5-6,9-10,20H,4,7-8,11H2,1-3H3,(H,17,18). The number of methoxy groups -OCH3 is 1. The van der Waals surface area contributed by atoms with E-state index in [2.05, 4.69) is 28.2 Å². The van der Waals surface area contributed by atoms with Crippen molar-refractivity contribution in [2.24, 2.45) is 0 Å². The van der Waals surface area contributed by atoms with Gasteiger partial charge >= 0.3 is 0 Å². The molecule has 0 aliphatic rings. The van der Waals surface area contributed by atoms with Crippen LogP contribution in [0.5, 0.6) is 5.75 Å². The van der Waals surface area contributed by atoms with Gasteiger partial charge in [0.05, 0.1) is 19.2 Å². The van der Waals surface area contributed by atoms with Crippen LogP contribution in [0.3, 0.4) is 0 Å². The van der Waals surface area contributed by atoms with Gasteiger partial charge in [-0.25, -0.2) is 4.98 Å². The van der Waals surface area contributed by atoms with Crippen LogP contribution in [0.25, 0.3) is 10.9 Å². The summed E-state index contributed by atoms with van der Waals surface area (Å²) in [5.41, 5.74) is 2.04. The van der Waals surface area contributed by atoms with Gasteiger partial charge in [-0.05, 0) is 24.7 Å². The molecule has 2 N–H and O–H groups in total. The highest BCUT2D eigenvalue weighted by molar-refractivity contribution is 5.83. The van der Waals surface area contributed by atoms with E-state index in [0.717, 1.165) is 41.1 Å². The van der Waals surface area contributed by atoms with E-state index < -0.39 is 0 Å². The number of nitrogens with one attached hydrogen (secondary N) is 1. The second-order valence-electron chi connectivity index (χ2n) is 4.90. The summed E-state index contributed by atoms with van der Waals surface area (Å²) in [7, 11) is 3.53. The number of hydrogen-bond donors (Lipinski definition) is 2. The first-order valence-corrected chi connectivity index (χ1v) is 7.20. The summed E-state index contributed by atoms with van der Waals surface area (Å²) in [4.78, 5) is 6.86. The highest BCUT2D eigenvalue weighted by Crippen LogP contribution is 2.25. The van der Waals surface area contributed by atoms with Crippen LogP contribution in [0.15, 0.2) is 24.3 Å². The molecule has 5 nitrogen and oxygen atoms in total. The van der Waals surface area contributed by atoms with Crippen molar-refractivity contribution in [2.75, 3.05) is 39.2 Å². The highest BCUT2D eigenvalue weighted by Gasteiger charge is 2.10. The van der Waals surface area contributed by atoms with E-state index in [0.29, 0.717) is 6.54 Å². The molecule has 0 saturated heterocycles. The molecule has 0 amide bonds. The maximum absolute atomic E-state index is 9.11. The Morgan fingerprint density at radius 2 is 2.14 bits per heavy atom. The van der Waals surface area contributed by atoms with E-state index in [1.807, 2.05) is 25.2 Å². The summed E-state index contributed by atoms with van der Waals surface area (Å²) in [6, 6.07) is 8.05. The summed E-state index contributed by atoms with van der Waals surface area (Å²) < 4.78 is 5.24. The fourth-order valence-electron chi connectivity index (χ4n) is 2.39. The molecule has 0 saturated carbocycles. The minimum Gasteiger partial charge on any atom is -0.497 e. The number of aliphatic hydroxyl groups excluding tert-OH is 1. The summed E-state index contributed by atoms with van der Waals surface area (Å²) in [5, 5.41) is 13.4. The maximum atomic E-state index is 9.11. The van der Waals surface area contributed by atoms with Crippen LogP contribution in [-0.2, 0) is 6.54 Å². The fourth-order valence-corrected chi connectivity index (χ4v) is 2.39. The number of likely N-dealkylation sites (N-methyl/N-ethyl adjacent to an activating group) is 1. The lowest BCUT2D eigenvalue weighted by molar-refractivity contribution is 0.197. The Morgan fingerprint density at radius 1 is 1.33 bits per heavy atom. The summed E-state index contributed by atoms with van der Waals surface area (Å²) in [5.74, 6) is 1.67.